The Labute approximate surface area is 102 Å². The van der Waals surface area contributed by atoms with Crippen molar-refractivity contribution in [1.29, 1.82) is 0 Å². The van der Waals surface area contributed by atoms with Crippen molar-refractivity contribution in [3.05, 3.63) is 41.3 Å². The minimum Gasteiger partial charge on any atom is -0.507 e. The Morgan fingerprint density at radius 3 is 2.59 bits per heavy atom. The summed E-state index contributed by atoms with van der Waals surface area (Å²) in [6, 6.07) is 6.97. The van der Waals surface area contributed by atoms with Crippen molar-refractivity contribution < 1.29 is 14.2 Å². The van der Waals surface area contributed by atoms with E-state index in [4.69, 9.17) is 16.3 Å². The summed E-state index contributed by atoms with van der Waals surface area (Å²) in [5.41, 5.74) is 0.988. The van der Waals surface area contributed by atoms with Crippen LogP contribution >= 0.6 is 11.6 Å². The molecule has 0 bridgehead atoms. The second kappa shape index (κ2) is 4.59. The van der Waals surface area contributed by atoms with Gasteiger partial charge in [-0.05, 0) is 24.3 Å². The minimum absolute atomic E-state index is 0.174. The van der Waals surface area contributed by atoms with Crippen LogP contribution in [0.25, 0.3) is 11.1 Å². The van der Waals surface area contributed by atoms with Crippen LogP contribution in [0.5, 0.6) is 11.6 Å². The number of aromatic nitrogens is 1. The number of ether oxygens (including phenoxy) is 1. The maximum absolute atomic E-state index is 12.9. The maximum atomic E-state index is 12.9. The van der Waals surface area contributed by atoms with E-state index in [-0.39, 0.29) is 16.8 Å². The standard InChI is InChI=1S/C12H9ClFNO2/c1-17-12-9(4-5-11(13)15-12)8-3-2-7(14)6-10(8)16/h2-6,16H,1H3. The van der Waals surface area contributed by atoms with Crippen LogP contribution in [0.4, 0.5) is 4.39 Å². The second-order valence-corrected chi connectivity index (χ2v) is 3.74. The zero-order valence-corrected chi connectivity index (χ0v) is 9.70. The molecule has 0 amide bonds. The summed E-state index contributed by atoms with van der Waals surface area (Å²) in [5, 5.41) is 9.96. The Bertz CT molecular complexity index is 560. The van der Waals surface area contributed by atoms with E-state index in [1.165, 1.54) is 19.2 Å². The number of pyridine rings is 1. The van der Waals surface area contributed by atoms with Crippen molar-refractivity contribution >= 4 is 11.6 Å². The highest BCUT2D eigenvalue weighted by molar-refractivity contribution is 6.29. The van der Waals surface area contributed by atoms with Crippen molar-refractivity contribution in [2.24, 2.45) is 0 Å². The average Bonchev–Trinajstić information content (AvgIpc) is 2.30. The van der Waals surface area contributed by atoms with Gasteiger partial charge in [-0.25, -0.2) is 9.37 Å². The van der Waals surface area contributed by atoms with Gasteiger partial charge in [0.2, 0.25) is 5.88 Å². The third-order valence-corrected chi connectivity index (χ3v) is 2.48. The van der Waals surface area contributed by atoms with E-state index < -0.39 is 5.82 Å². The third kappa shape index (κ3) is 2.31. The summed E-state index contributed by atoms with van der Waals surface area (Å²) in [5.74, 6) is -0.404. The highest BCUT2D eigenvalue weighted by Gasteiger charge is 2.12. The van der Waals surface area contributed by atoms with Crippen molar-refractivity contribution in [3.8, 4) is 22.8 Å². The highest BCUT2D eigenvalue weighted by Crippen LogP contribution is 2.35. The van der Waals surface area contributed by atoms with Crippen molar-refractivity contribution in [1.82, 2.24) is 4.98 Å². The summed E-state index contributed by atoms with van der Waals surface area (Å²) in [6.45, 7) is 0. The first-order valence-electron chi connectivity index (χ1n) is 4.81. The molecule has 0 atom stereocenters. The monoisotopic (exact) mass is 253 g/mol. The van der Waals surface area contributed by atoms with Crippen molar-refractivity contribution in [2.75, 3.05) is 7.11 Å². The van der Waals surface area contributed by atoms with Gasteiger partial charge in [-0.2, -0.15) is 0 Å². The lowest BCUT2D eigenvalue weighted by molar-refractivity contribution is 0.399. The molecule has 0 unspecified atom stereocenters. The molecule has 2 aromatic rings. The Morgan fingerprint density at radius 1 is 1.24 bits per heavy atom. The lowest BCUT2D eigenvalue weighted by atomic mass is 10.1. The number of benzene rings is 1. The molecule has 1 aromatic heterocycles. The van der Waals surface area contributed by atoms with Gasteiger partial charge >= 0.3 is 0 Å². The Kier molecular flexibility index (Phi) is 3.15. The van der Waals surface area contributed by atoms with E-state index in [1.54, 1.807) is 12.1 Å². The van der Waals surface area contributed by atoms with Crippen LogP contribution in [0.15, 0.2) is 30.3 Å². The summed E-state index contributed by atoms with van der Waals surface area (Å²) < 4.78 is 17.9. The number of phenolic OH excluding ortho intramolecular Hbond substituents is 1. The van der Waals surface area contributed by atoms with Crippen LogP contribution in [0.1, 0.15) is 0 Å². The number of nitrogens with zero attached hydrogens (tertiary/aromatic N) is 1. The number of hydrogen-bond donors (Lipinski definition) is 1. The van der Waals surface area contributed by atoms with Gasteiger partial charge in [-0.1, -0.05) is 11.6 Å². The molecule has 0 saturated carbocycles. The molecule has 0 aliphatic rings. The molecule has 17 heavy (non-hydrogen) atoms. The van der Waals surface area contributed by atoms with Crippen LogP contribution in [0.2, 0.25) is 5.15 Å². The normalized spacial score (nSPS) is 10.3. The number of rotatable bonds is 2. The number of methoxy groups -OCH3 is 1. The zero-order chi connectivity index (χ0) is 12.4. The average molecular weight is 254 g/mol. The van der Waals surface area contributed by atoms with Gasteiger partial charge in [0.1, 0.15) is 16.7 Å². The molecule has 2 rings (SSSR count). The van der Waals surface area contributed by atoms with Crippen LogP contribution < -0.4 is 4.74 Å². The molecule has 5 heteroatoms. The summed E-state index contributed by atoms with van der Waals surface area (Å²) in [4.78, 5) is 3.97. The van der Waals surface area contributed by atoms with Gasteiger partial charge in [0, 0.05) is 17.2 Å². The van der Waals surface area contributed by atoms with Gasteiger partial charge in [0.05, 0.1) is 7.11 Å². The van der Waals surface area contributed by atoms with Crippen LogP contribution in [0, 0.1) is 5.82 Å². The van der Waals surface area contributed by atoms with E-state index >= 15 is 0 Å². The molecule has 0 aliphatic carbocycles. The lowest BCUT2D eigenvalue weighted by Gasteiger charge is -2.09. The first kappa shape index (κ1) is 11.7. The first-order valence-corrected chi connectivity index (χ1v) is 5.19. The number of hydrogen-bond acceptors (Lipinski definition) is 3. The Morgan fingerprint density at radius 2 is 1.94 bits per heavy atom. The second-order valence-electron chi connectivity index (χ2n) is 3.35. The third-order valence-electron chi connectivity index (χ3n) is 2.27. The predicted molar refractivity (Wildman–Crippen MR) is 62.9 cm³/mol. The van der Waals surface area contributed by atoms with Crippen LogP contribution in [-0.2, 0) is 0 Å². The SMILES string of the molecule is COc1nc(Cl)ccc1-c1ccc(F)cc1O. The fourth-order valence-corrected chi connectivity index (χ4v) is 1.65. The fraction of sp³-hybridized carbons (Fsp3) is 0.0833. The van der Waals surface area contributed by atoms with Gasteiger partial charge in [0.25, 0.3) is 0 Å². The molecule has 0 aliphatic heterocycles. The van der Waals surface area contributed by atoms with Crippen LogP contribution in [0.3, 0.4) is 0 Å². The largest absolute Gasteiger partial charge is 0.507 e. The predicted octanol–water partition coefficient (Wildman–Crippen LogP) is 3.26. The number of aromatic hydroxyl groups is 1. The number of phenols is 1. The molecule has 0 spiro atoms. The topological polar surface area (TPSA) is 42.4 Å². The molecule has 1 N–H and O–H groups in total. The van der Waals surface area contributed by atoms with Crippen LogP contribution in [-0.4, -0.2) is 17.2 Å². The van der Waals surface area contributed by atoms with E-state index in [2.05, 4.69) is 4.98 Å². The molecule has 3 nitrogen and oxygen atoms in total. The summed E-state index contributed by atoms with van der Waals surface area (Å²) >= 11 is 5.73. The fourth-order valence-electron chi connectivity index (χ4n) is 1.51. The molecular weight excluding hydrogens is 245 g/mol. The highest BCUT2D eigenvalue weighted by atomic mass is 35.5. The molecule has 0 saturated heterocycles. The quantitative estimate of drug-likeness (QED) is 0.836. The molecular formula is C12H9ClFNO2. The molecule has 88 valence electrons. The Hall–Kier alpha value is -1.81. The minimum atomic E-state index is -0.507. The van der Waals surface area contributed by atoms with Gasteiger partial charge < -0.3 is 9.84 Å². The Balaban J connectivity index is 2.60. The molecule has 0 radical (unpaired) electrons. The van der Waals surface area contributed by atoms with Gasteiger partial charge in [-0.15, -0.1) is 0 Å². The van der Waals surface area contributed by atoms with Crippen molar-refractivity contribution in [3.63, 3.8) is 0 Å². The number of halogens is 2. The van der Waals surface area contributed by atoms with E-state index in [0.29, 0.717) is 11.1 Å². The van der Waals surface area contributed by atoms with E-state index in [0.717, 1.165) is 6.07 Å². The molecule has 1 heterocycles. The van der Waals surface area contributed by atoms with Gasteiger partial charge in [0.15, 0.2) is 0 Å². The lowest BCUT2D eigenvalue weighted by Crippen LogP contribution is -1.92. The maximum Gasteiger partial charge on any atom is 0.222 e. The zero-order valence-electron chi connectivity index (χ0n) is 8.95. The van der Waals surface area contributed by atoms with E-state index in [9.17, 15) is 9.50 Å². The summed E-state index contributed by atoms with van der Waals surface area (Å²) in [6.07, 6.45) is 0. The smallest absolute Gasteiger partial charge is 0.222 e. The molecule has 0 fully saturated rings. The first-order chi connectivity index (χ1) is 8.11. The molecule has 1 aromatic carbocycles. The van der Waals surface area contributed by atoms with E-state index in [1.807, 2.05) is 0 Å². The van der Waals surface area contributed by atoms with Gasteiger partial charge in [-0.3, -0.25) is 0 Å². The summed E-state index contributed by atoms with van der Waals surface area (Å²) in [7, 11) is 1.45. The van der Waals surface area contributed by atoms with Crippen molar-refractivity contribution in [2.45, 2.75) is 0 Å².